The van der Waals surface area contributed by atoms with Gasteiger partial charge in [-0.05, 0) is 49.2 Å². The number of likely N-dealkylation sites (tertiary alicyclic amines) is 1. The zero-order chi connectivity index (χ0) is 20.6. The Morgan fingerprint density at radius 2 is 2.00 bits per heavy atom. The summed E-state index contributed by atoms with van der Waals surface area (Å²) >= 11 is 0. The largest absolute Gasteiger partial charge is 0.355 e. The fourth-order valence-corrected chi connectivity index (χ4v) is 4.95. The van der Waals surface area contributed by atoms with E-state index in [0.29, 0.717) is 13.0 Å². The fraction of sp³-hybridized carbons (Fsp3) is 0.375. The Kier molecular flexibility index (Phi) is 4.77. The van der Waals surface area contributed by atoms with Crippen LogP contribution in [0.4, 0.5) is 5.69 Å². The van der Waals surface area contributed by atoms with Gasteiger partial charge >= 0.3 is 0 Å². The summed E-state index contributed by atoms with van der Waals surface area (Å²) in [6.45, 7) is 4.64. The number of hydrogen-bond acceptors (Lipinski definition) is 4. The van der Waals surface area contributed by atoms with E-state index in [0.717, 1.165) is 49.6 Å². The van der Waals surface area contributed by atoms with Crippen molar-refractivity contribution in [3.05, 3.63) is 72.4 Å². The van der Waals surface area contributed by atoms with Gasteiger partial charge in [0.2, 0.25) is 5.91 Å². The smallest absolute Gasteiger partial charge is 0.228 e. The highest BCUT2D eigenvalue weighted by Crippen LogP contribution is 2.47. The summed E-state index contributed by atoms with van der Waals surface area (Å²) in [4.78, 5) is 26.7. The van der Waals surface area contributed by atoms with Crippen LogP contribution in [0.1, 0.15) is 37.6 Å². The van der Waals surface area contributed by atoms with Crippen LogP contribution in [0.15, 0.2) is 61.1 Å². The molecule has 30 heavy (non-hydrogen) atoms. The number of anilines is 1. The first kappa shape index (κ1) is 18.9. The fourth-order valence-electron chi connectivity index (χ4n) is 4.95. The Bertz CT molecular complexity index is 1050. The zero-order valence-corrected chi connectivity index (χ0v) is 17.4. The Morgan fingerprint density at radius 3 is 2.83 bits per heavy atom. The Labute approximate surface area is 177 Å². The summed E-state index contributed by atoms with van der Waals surface area (Å²) < 4.78 is 2.21. The van der Waals surface area contributed by atoms with E-state index in [1.807, 2.05) is 35.4 Å². The molecule has 0 N–H and O–H groups in total. The first-order chi connectivity index (χ1) is 14.7. The number of aromatic nitrogens is 3. The first-order valence-corrected chi connectivity index (χ1v) is 10.8. The molecule has 1 saturated heterocycles. The topological polar surface area (TPSA) is 54.3 Å². The molecule has 154 valence electrons. The molecular formula is C24H27N5O. The van der Waals surface area contributed by atoms with Crippen molar-refractivity contribution >= 4 is 11.6 Å². The van der Waals surface area contributed by atoms with Gasteiger partial charge in [0.1, 0.15) is 5.54 Å². The molecule has 1 unspecified atom stereocenters. The summed E-state index contributed by atoms with van der Waals surface area (Å²) in [5.74, 6) is 1.13. The molecule has 1 spiro atoms. The van der Waals surface area contributed by atoms with E-state index in [4.69, 9.17) is 0 Å². The van der Waals surface area contributed by atoms with Crippen LogP contribution in [0.25, 0.3) is 5.82 Å². The number of amides is 1. The number of fused-ring (bicyclic) bond motifs is 4. The maximum atomic E-state index is 13.1. The highest BCUT2D eigenvalue weighted by atomic mass is 16.2. The van der Waals surface area contributed by atoms with Crippen LogP contribution >= 0.6 is 0 Å². The lowest BCUT2D eigenvalue weighted by atomic mass is 9.88. The average molecular weight is 402 g/mol. The van der Waals surface area contributed by atoms with Crippen molar-refractivity contribution < 1.29 is 4.79 Å². The first-order valence-electron chi connectivity index (χ1n) is 10.8. The van der Waals surface area contributed by atoms with Crippen LogP contribution < -0.4 is 4.90 Å². The van der Waals surface area contributed by atoms with E-state index in [1.165, 1.54) is 5.69 Å². The molecule has 2 aliphatic heterocycles. The summed E-state index contributed by atoms with van der Waals surface area (Å²) in [5.41, 5.74) is 3.01. The molecule has 0 saturated carbocycles. The molecule has 0 radical (unpaired) electrons. The van der Waals surface area contributed by atoms with Crippen molar-refractivity contribution in [2.75, 3.05) is 24.5 Å². The van der Waals surface area contributed by atoms with Gasteiger partial charge in [-0.3, -0.25) is 9.78 Å². The third kappa shape index (κ3) is 2.98. The van der Waals surface area contributed by atoms with Crippen molar-refractivity contribution in [3.8, 4) is 5.82 Å². The third-order valence-corrected chi connectivity index (χ3v) is 6.42. The van der Waals surface area contributed by atoms with Crippen LogP contribution in [0.5, 0.6) is 0 Å². The molecule has 0 aliphatic carbocycles. The van der Waals surface area contributed by atoms with E-state index >= 15 is 0 Å². The highest BCUT2D eigenvalue weighted by Gasteiger charge is 2.50. The lowest BCUT2D eigenvalue weighted by molar-refractivity contribution is -0.129. The van der Waals surface area contributed by atoms with Crippen LogP contribution in [0.3, 0.4) is 0 Å². The minimum absolute atomic E-state index is 0.149. The maximum absolute atomic E-state index is 13.1. The maximum Gasteiger partial charge on any atom is 0.228 e. The molecule has 1 atom stereocenters. The number of rotatable bonds is 5. The number of carbonyl (C=O) groups is 1. The molecule has 1 fully saturated rings. The van der Waals surface area contributed by atoms with E-state index in [1.54, 1.807) is 6.20 Å². The van der Waals surface area contributed by atoms with E-state index in [-0.39, 0.29) is 11.4 Å². The second-order valence-electron chi connectivity index (χ2n) is 8.21. The predicted molar refractivity (Wildman–Crippen MR) is 117 cm³/mol. The van der Waals surface area contributed by atoms with Gasteiger partial charge in [0.15, 0.2) is 5.82 Å². The number of hydrogen-bond donors (Lipinski definition) is 0. The molecule has 0 aromatic carbocycles. The lowest BCUT2D eigenvalue weighted by Gasteiger charge is -2.47. The normalized spacial score (nSPS) is 19.8. The van der Waals surface area contributed by atoms with Gasteiger partial charge in [0.25, 0.3) is 0 Å². The molecule has 2 aliphatic rings. The SMILES string of the molecule is CCCCN1c2cccnc2-n2cccc2C12CCN(C(=O)Cc1ccccn1)C2. The molecule has 5 rings (SSSR count). The van der Waals surface area contributed by atoms with Gasteiger partial charge < -0.3 is 14.4 Å². The van der Waals surface area contributed by atoms with Crippen molar-refractivity contribution in [3.63, 3.8) is 0 Å². The van der Waals surface area contributed by atoms with Gasteiger partial charge in [-0.2, -0.15) is 0 Å². The number of unbranched alkanes of at least 4 members (excludes halogenated alkanes) is 1. The molecule has 3 aromatic rings. The van der Waals surface area contributed by atoms with Crippen LogP contribution in [-0.2, 0) is 16.8 Å². The Hall–Kier alpha value is -3.15. The third-order valence-electron chi connectivity index (χ3n) is 6.42. The van der Waals surface area contributed by atoms with E-state index in [2.05, 4.69) is 50.8 Å². The Balaban J connectivity index is 1.50. The molecule has 6 heteroatoms. The standard InChI is InChI=1S/C24H27N5O/c1-2-3-15-29-20-9-6-13-26-23(20)28-14-7-10-21(28)24(29)11-16-27(18-24)22(30)17-19-8-4-5-12-25-19/h4-10,12-14H,2-3,11,15-18H2,1H3. The second kappa shape index (κ2) is 7.59. The van der Waals surface area contributed by atoms with Crippen molar-refractivity contribution in [1.29, 1.82) is 0 Å². The van der Waals surface area contributed by atoms with Crippen molar-refractivity contribution in [2.24, 2.45) is 0 Å². The summed E-state index contributed by atoms with van der Waals surface area (Å²) in [5, 5.41) is 0. The van der Waals surface area contributed by atoms with Crippen molar-refractivity contribution in [1.82, 2.24) is 19.4 Å². The van der Waals surface area contributed by atoms with E-state index in [9.17, 15) is 4.79 Å². The number of nitrogens with zero attached hydrogens (tertiary/aromatic N) is 5. The van der Waals surface area contributed by atoms with Crippen LogP contribution in [0.2, 0.25) is 0 Å². The van der Waals surface area contributed by atoms with Crippen molar-refractivity contribution in [2.45, 2.75) is 38.1 Å². The highest BCUT2D eigenvalue weighted by molar-refractivity contribution is 5.79. The van der Waals surface area contributed by atoms with E-state index < -0.39 is 0 Å². The van der Waals surface area contributed by atoms with Gasteiger partial charge in [-0.1, -0.05) is 19.4 Å². The molecule has 1 amide bonds. The van der Waals surface area contributed by atoms with Gasteiger partial charge in [0.05, 0.1) is 17.8 Å². The molecule has 0 bridgehead atoms. The second-order valence-corrected chi connectivity index (χ2v) is 8.21. The monoisotopic (exact) mass is 401 g/mol. The quantitative estimate of drug-likeness (QED) is 0.656. The van der Waals surface area contributed by atoms with Gasteiger partial charge in [-0.25, -0.2) is 4.98 Å². The summed E-state index contributed by atoms with van der Waals surface area (Å²) in [6, 6.07) is 14.2. The molecular weight excluding hydrogens is 374 g/mol. The average Bonchev–Trinajstić information content (AvgIpc) is 3.43. The molecule has 3 aromatic heterocycles. The van der Waals surface area contributed by atoms with Gasteiger partial charge in [-0.15, -0.1) is 0 Å². The Morgan fingerprint density at radius 1 is 1.10 bits per heavy atom. The number of pyridine rings is 2. The molecule has 6 nitrogen and oxygen atoms in total. The summed E-state index contributed by atoms with van der Waals surface area (Å²) in [7, 11) is 0. The molecule has 5 heterocycles. The summed E-state index contributed by atoms with van der Waals surface area (Å²) in [6.07, 6.45) is 9.21. The zero-order valence-electron chi connectivity index (χ0n) is 17.4. The minimum atomic E-state index is -0.214. The van der Waals surface area contributed by atoms with Crippen LogP contribution in [-0.4, -0.2) is 45.0 Å². The van der Waals surface area contributed by atoms with Crippen LogP contribution in [0, 0.1) is 0 Å². The number of carbonyl (C=O) groups excluding carboxylic acids is 1. The predicted octanol–water partition coefficient (Wildman–Crippen LogP) is 3.56. The lowest BCUT2D eigenvalue weighted by Crippen LogP contribution is -2.53. The van der Waals surface area contributed by atoms with Gasteiger partial charge in [0, 0.05) is 43.9 Å². The minimum Gasteiger partial charge on any atom is -0.355 e.